The number of rotatable bonds is 6. The monoisotopic (exact) mass is 333 g/mol. The Bertz CT molecular complexity index is 526. The zero-order chi connectivity index (χ0) is 16.8. The van der Waals surface area contributed by atoms with Crippen LogP contribution in [0.3, 0.4) is 0 Å². The molecule has 0 aromatic carbocycles. The van der Waals surface area contributed by atoms with Gasteiger partial charge >= 0.3 is 0 Å². The quantitative estimate of drug-likeness (QED) is 0.844. The number of fused-ring (bicyclic) bond motifs is 1. The molecule has 6 nitrogen and oxygen atoms in total. The van der Waals surface area contributed by atoms with Gasteiger partial charge < -0.3 is 19.7 Å². The molecule has 2 aliphatic heterocycles. The zero-order valence-corrected chi connectivity index (χ0v) is 14.3. The molecule has 0 unspecified atom stereocenters. The van der Waals surface area contributed by atoms with E-state index in [4.69, 9.17) is 9.47 Å². The summed E-state index contributed by atoms with van der Waals surface area (Å²) in [6.45, 7) is 4.81. The molecule has 3 heterocycles. The van der Waals surface area contributed by atoms with Crippen LogP contribution in [-0.2, 0) is 20.8 Å². The molecular formula is C18H27N3O3. The Morgan fingerprint density at radius 1 is 1.50 bits per heavy atom. The average molecular weight is 333 g/mol. The van der Waals surface area contributed by atoms with Crippen LogP contribution in [-0.4, -0.2) is 61.9 Å². The summed E-state index contributed by atoms with van der Waals surface area (Å²) in [6.07, 6.45) is 5.55. The van der Waals surface area contributed by atoms with Crippen LogP contribution in [0.2, 0.25) is 0 Å². The second-order valence-electron chi connectivity index (χ2n) is 6.63. The van der Waals surface area contributed by atoms with Gasteiger partial charge in [-0.3, -0.25) is 9.78 Å². The third-order valence-corrected chi connectivity index (χ3v) is 5.09. The standard InChI is InChI=1S/C18H27N3O3/c1-23-10-8-21-7-4-17-16(13-21)15(5-9-24-17)18(22)20-12-14-3-2-6-19-11-14/h2-3,6,11,15-17H,4-5,7-10,12-13H2,1H3,(H,20,22)/t15-,16-,17-/m0/s1. The molecule has 24 heavy (non-hydrogen) atoms. The maximum Gasteiger partial charge on any atom is 0.223 e. The Morgan fingerprint density at radius 3 is 3.21 bits per heavy atom. The number of carbonyl (C=O) groups excluding carboxylic acids is 1. The van der Waals surface area contributed by atoms with Gasteiger partial charge in [-0.1, -0.05) is 6.07 Å². The molecule has 3 rings (SSSR count). The van der Waals surface area contributed by atoms with Gasteiger partial charge in [-0.15, -0.1) is 0 Å². The molecule has 2 fully saturated rings. The third-order valence-electron chi connectivity index (χ3n) is 5.09. The average Bonchev–Trinajstić information content (AvgIpc) is 2.64. The zero-order valence-electron chi connectivity index (χ0n) is 14.3. The first-order valence-electron chi connectivity index (χ1n) is 8.77. The fraction of sp³-hybridized carbons (Fsp3) is 0.667. The molecule has 0 aliphatic carbocycles. The Kier molecular flexibility index (Phi) is 6.18. The number of carbonyl (C=O) groups is 1. The van der Waals surface area contributed by atoms with Crippen molar-refractivity contribution < 1.29 is 14.3 Å². The second kappa shape index (κ2) is 8.55. The van der Waals surface area contributed by atoms with Crippen molar-refractivity contribution in [2.45, 2.75) is 25.5 Å². The summed E-state index contributed by atoms with van der Waals surface area (Å²) in [4.78, 5) is 19.2. The fourth-order valence-electron chi connectivity index (χ4n) is 3.76. The van der Waals surface area contributed by atoms with Crippen LogP contribution in [0.15, 0.2) is 24.5 Å². The maximum absolute atomic E-state index is 12.7. The van der Waals surface area contributed by atoms with E-state index in [0.29, 0.717) is 13.2 Å². The first-order chi connectivity index (χ1) is 11.8. The van der Waals surface area contributed by atoms with Gasteiger partial charge in [0.05, 0.1) is 12.7 Å². The van der Waals surface area contributed by atoms with Gasteiger partial charge in [-0.2, -0.15) is 0 Å². The molecule has 3 atom stereocenters. The third kappa shape index (κ3) is 4.32. The lowest BCUT2D eigenvalue weighted by Gasteiger charge is -2.44. The topological polar surface area (TPSA) is 63.7 Å². The lowest BCUT2D eigenvalue weighted by atomic mass is 9.79. The van der Waals surface area contributed by atoms with Crippen LogP contribution < -0.4 is 5.32 Å². The number of likely N-dealkylation sites (tertiary alicyclic amines) is 1. The molecule has 1 aromatic heterocycles. The molecule has 0 radical (unpaired) electrons. The van der Waals surface area contributed by atoms with Gasteiger partial charge in [0.15, 0.2) is 0 Å². The summed E-state index contributed by atoms with van der Waals surface area (Å²) in [5.74, 6) is 0.453. The van der Waals surface area contributed by atoms with Crippen molar-refractivity contribution in [3.63, 3.8) is 0 Å². The number of pyridine rings is 1. The predicted octanol–water partition coefficient (Wildman–Crippen LogP) is 1.07. The van der Waals surface area contributed by atoms with E-state index in [9.17, 15) is 4.79 Å². The maximum atomic E-state index is 12.7. The van der Waals surface area contributed by atoms with E-state index in [-0.39, 0.29) is 23.8 Å². The molecule has 0 bridgehead atoms. The number of methoxy groups -OCH3 is 1. The molecule has 1 N–H and O–H groups in total. The summed E-state index contributed by atoms with van der Waals surface area (Å²) in [5, 5.41) is 3.08. The summed E-state index contributed by atoms with van der Waals surface area (Å²) in [6, 6.07) is 3.87. The van der Waals surface area contributed by atoms with E-state index in [1.165, 1.54) is 0 Å². The SMILES string of the molecule is COCCN1CC[C@@H]2OCC[C@H](C(=O)NCc3cccnc3)[C@@H]2C1. The van der Waals surface area contributed by atoms with Gasteiger partial charge in [-0.25, -0.2) is 0 Å². The second-order valence-corrected chi connectivity index (χ2v) is 6.63. The molecule has 2 aliphatic rings. The first-order valence-corrected chi connectivity index (χ1v) is 8.77. The van der Waals surface area contributed by atoms with Crippen LogP contribution in [0.5, 0.6) is 0 Å². The smallest absolute Gasteiger partial charge is 0.223 e. The van der Waals surface area contributed by atoms with Crippen molar-refractivity contribution in [1.29, 1.82) is 0 Å². The minimum absolute atomic E-state index is 0.0331. The van der Waals surface area contributed by atoms with Gasteiger partial charge in [-0.05, 0) is 24.5 Å². The van der Waals surface area contributed by atoms with Gasteiger partial charge in [0.1, 0.15) is 0 Å². The molecule has 1 amide bonds. The number of amides is 1. The lowest BCUT2D eigenvalue weighted by molar-refractivity contribution is -0.142. The van der Waals surface area contributed by atoms with Crippen molar-refractivity contribution in [2.75, 3.05) is 40.0 Å². The van der Waals surface area contributed by atoms with Crippen molar-refractivity contribution in [3.8, 4) is 0 Å². The number of hydrogen-bond acceptors (Lipinski definition) is 5. The molecule has 0 saturated carbocycles. The summed E-state index contributed by atoms with van der Waals surface area (Å²) >= 11 is 0. The first kappa shape index (κ1) is 17.3. The van der Waals surface area contributed by atoms with Crippen molar-refractivity contribution >= 4 is 5.91 Å². The number of nitrogens with one attached hydrogen (secondary N) is 1. The molecule has 132 valence electrons. The van der Waals surface area contributed by atoms with Crippen LogP contribution in [0.1, 0.15) is 18.4 Å². The van der Waals surface area contributed by atoms with E-state index < -0.39 is 0 Å². The fourth-order valence-corrected chi connectivity index (χ4v) is 3.76. The number of aromatic nitrogens is 1. The molecular weight excluding hydrogens is 306 g/mol. The number of piperidine rings is 1. The molecule has 2 saturated heterocycles. The number of nitrogens with zero attached hydrogens (tertiary/aromatic N) is 2. The van der Waals surface area contributed by atoms with E-state index in [1.54, 1.807) is 19.5 Å². The highest BCUT2D eigenvalue weighted by Gasteiger charge is 2.41. The molecule has 0 spiro atoms. The molecule has 1 aromatic rings. The van der Waals surface area contributed by atoms with E-state index in [2.05, 4.69) is 15.2 Å². The van der Waals surface area contributed by atoms with Crippen LogP contribution in [0.25, 0.3) is 0 Å². The Balaban J connectivity index is 1.57. The van der Waals surface area contributed by atoms with E-state index >= 15 is 0 Å². The highest BCUT2D eigenvalue weighted by Crippen LogP contribution is 2.33. The van der Waals surface area contributed by atoms with Crippen LogP contribution in [0.4, 0.5) is 0 Å². The van der Waals surface area contributed by atoms with Gasteiger partial charge in [0, 0.05) is 64.1 Å². The predicted molar refractivity (Wildman–Crippen MR) is 90.4 cm³/mol. The summed E-state index contributed by atoms with van der Waals surface area (Å²) in [7, 11) is 1.73. The Labute approximate surface area is 143 Å². The van der Waals surface area contributed by atoms with Gasteiger partial charge in [0.2, 0.25) is 5.91 Å². The Hall–Kier alpha value is -1.50. The number of hydrogen-bond donors (Lipinski definition) is 1. The largest absolute Gasteiger partial charge is 0.383 e. The minimum Gasteiger partial charge on any atom is -0.383 e. The van der Waals surface area contributed by atoms with Crippen molar-refractivity contribution in [3.05, 3.63) is 30.1 Å². The minimum atomic E-state index is 0.0331. The van der Waals surface area contributed by atoms with Gasteiger partial charge in [0.25, 0.3) is 0 Å². The normalized spacial score (nSPS) is 27.5. The highest BCUT2D eigenvalue weighted by atomic mass is 16.5. The summed E-state index contributed by atoms with van der Waals surface area (Å²) < 4.78 is 11.1. The highest BCUT2D eigenvalue weighted by molar-refractivity contribution is 5.79. The Morgan fingerprint density at radius 2 is 2.42 bits per heavy atom. The van der Waals surface area contributed by atoms with Crippen molar-refractivity contribution in [2.24, 2.45) is 11.8 Å². The van der Waals surface area contributed by atoms with E-state index in [0.717, 1.165) is 44.6 Å². The van der Waals surface area contributed by atoms with Crippen LogP contribution in [0, 0.1) is 11.8 Å². The molecule has 6 heteroatoms. The lowest BCUT2D eigenvalue weighted by Crippen LogP contribution is -2.53. The van der Waals surface area contributed by atoms with Crippen molar-refractivity contribution in [1.82, 2.24) is 15.2 Å². The summed E-state index contributed by atoms with van der Waals surface area (Å²) in [5.41, 5.74) is 1.03. The van der Waals surface area contributed by atoms with E-state index in [1.807, 2.05) is 12.1 Å². The number of ether oxygens (including phenoxy) is 2. The van der Waals surface area contributed by atoms with Crippen LogP contribution >= 0.6 is 0 Å².